The van der Waals surface area contributed by atoms with E-state index in [-0.39, 0.29) is 23.6 Å². The molecule has 1 N–H and O–H groups in total. The number of imidazole rings is 1. The zero-order chi connectivity index (χ0) is 20.6. The van der Waals surface area contributed by atoms with Gasteiger partial charge in [-0.05, 0) is 6.07 Å². The molecule has 0 aliphatic heterocycles. The van der Waals surface area contributed by atoms with E-state index in [0.29, 0.717) is 4.96 Å². The molecule has 0 bridgehead atoms. The minimum atomic E-state index is -1.75. The molecule has 4 aromatic rings. The summed E-state index contributed by atoms with van der Waals surface area (Å²) in [6, 6.07) is 3.03. The number of nitrogens with zero attached hydrogens (tertiary/aromatic N) is 5. The number of aromatic nitrogens is 5. The molecular weight excluding hydrogens is 423 g/mol. The fourth-order valence-corrected chi connectivity index (χ4v) is 4.86. The number of aliphatic hydroxyl groups is 1. The molecule has 0 saturated carbocycles. The number of thiazole rings is 1. The van der Waals surface area contributed by atoms with Crippen LogP contribution in [0.1, 0.15) is 18.2 Å². The maximum Gasteiger partial charge on any atom is 0.222 e. The summed E-state index contributed by atoms with van der Waals surface area (Å²) in [5, 5.41) is 16.6. The Morgan fingerprint density at radius 2 is 2.14 bits per heavy atom. The minimum absolute atomic E-state index is 0.0688. The summed E-state index contributed by atoms with van der Waals surface area (Å²) >= 11 is 2.53. The number of hydrogen-bond acceptors (Lipinski definition) is 6. The topological polar surface area (TPSA) is 68.2 Å². The minimum Gasteiger partial charge on any atom is -0.382 e. The second-order valence-corrected chi connectivity index (χ2v) is 8.70. The van der Waals surface area contributed by atoms with E-state index in [0.717, 1.165) is 12.1 Å². The summed E-state index contributed by atoms with van der Waals surface area (Å²) in [6.07, 6.45) is 4.29. The smallest absolute Gasteiger partial charge is 0.222 e. The van der Waals surface area contributed by atoms with Crippen LogP contribution in [0.5, 0.6) is 0 Å². The van der Waals surface area contributed by atoms with E-state index in [4.69, 9.17) is 0 Å². The summed E-state index contributed by atoms with van der Waals surface area (Å²) in [7, 11) is 0. The number of halogens is 3. The normalized spacial score (nSPS) is 14.9. The fourth-order valence-electron chi connectivity index (χ4n) is 3.07. The van der Waals surface area contributed by atoms with E-state index in [1.54, 1.807) is 18.5 Å². The monoisotopic (exact) mass is 439 g/mol. The van der Waals surface area contributed by atoms with Gasteiger partial charge in [-0.1, -0.05) is 13.0 Å². The molecule has 0 aliphatic rings. The van der Waals surface area contributed by atoms with Gasteiger partial charge < -0.3 is 5.11 Å². The molecule has 0 fully saturated rings. The van der Waals surface area contributed by atoms with Gasteiger partial charge in [0.15, 0.2) is 4.96 Å². The molecule has 11 heteroatoms. The first-order valence-corrected chi connectivity index (χ1v) is 10.5. The van der Waals surface area contributed by atoms with E-state index in [9.17, 15) is 18.3 Å². The standard InChI is InChI=1S/C18H16F3N5OS2/c1-11(29-7-15-16(21)26-4-5-28-17(26)24-15)18(27,8-25-10-22-9-23-25)13-3-2-12(19)6-14(13)20/h2-6,9-11,27H,7-8H2,1H3/t11-,18-/m1/s1. The molecule has 1 aromatic carbocycles. The van der Waals surface area contributed by atoms with Crippen molar-refractivity contribution >= 4 is 28.1 Å². The van der Waals surface area contributed by atoms with E-state index >= 15 is 0 Å². The third kappa shape index (κ3) is 3.77. The highest BCUT2D eigenvalue weighted by Gasteiger charge is 2.39. The Balaban J connectivity index is 1.62. The summed E-state index contributed by atoms with van der Waals surface area (Å²) in [6.45, 7) is 1.59. The second kappa shape index (κ2) is 7.81. The Bertz CT molecular complexity index is 1130. The molecule has 0 amide bonds. The van der Waals surface area contributed by atoms with Crippen LogP contribution in [-0.4, -0.2) is 34.5 Å². The molecule has 6 nitrogen and oxygen atoms in total. The Kier molecular flexibility index (Phi) is 5.36. The van der Waals surface area contributed by atoms with Crippen molar-refractivity contribution in [2.75, 3.05) is 0 Å². The van der Waals surface area contributed by atoms with Crippen LogP contribution in [0.2, 0.25) is 0 Å². The maximum atomic E-state index is 14.5. The SMILES string of the molecule is C[C@@H](SCc1nc2sccn2c1F)[C@](O)(Cn1cncn1)c1ccc(F)cc1F. The fraction of sp³-hybridized carbons (Fsp3) is 0.278. The van der Waals surface area contributed by atoms with Gasteiger partial charge in [0.2, 0.25) is 5.95 Å². The lowest BCUT2D eigenvalue weighted by Gasteiger charge is -2.34. The third-order valence-corrected chi connectivity index (χ3v) is 6.77. The van der Waals surface area contributed by atoms with Crippen LogP contribution in [0.3, 0.4) is 0 Å². The first-order chi connectivity index (χ1) is 13.9. The number of rotatable bonds is 7. The van der Waals surface area contributed by atoms with Crippen LogP contribution in [0.4, 0.5) is 13.2 Å². The Morgan fingerprint density at radius 1 is 1.31 bits per heavy atom. The van der Waals surface area contributed by atoms with Crippen LogP contribution in [-0.2, 0) is 17.9 Å². The average Bonchev–Trinajstić information content (AvgIpc) is 3.40. The van der Waals surface area contributed by atoms with Crippen LogP contribution in [0, 0.1) is 17.6 Å². The number of fused-ring (bicyclic) bond motifs is 1. The van der Waals surface area contributed by atoms with Crippen molar-refractivity contribution in [2.45, 2.75) is 30.1 Å². The Morgan fingerprint density at radius 3 is 2.83 bits per heavy atom. The lowest BCUT2D eigenvalue weighted by Crippen LogP contribution is -2.41. The largest absolute Gasteiger partial charge is 0.382 e. The maximum absolute atomic E-state index is 14.5. The van der Waals surface area contributed by atoms with Crippen molar-refractivity contribution in [1.29, 1.82) is 0 Å². The molecule has 0 unspecified atom stereocenters. The number of hydrogen-bond donors (Lipinski definition) is 1. The van der Waals surface area contributed by atoms with Gasteiger partial charge in [0.05, 0.1) is 6.54 Å². The predicted molar refractivity (Wildman–Crippen MR) is 104 cm³/mol. The van der Waals surface area contributed by atoms with E-state index in [1.807, 2.05) is 0 Å². The Hall–Kier alpha value is -2.37. The van der Waals surface area contributed by atoms with Gasteiger partial charge in [-0.2, -0.15) is 9.49 Å². The summed E-state index contributed by atoms with van der Waals surface area (Å²) in [5.41, 5.74) is -1.57. The molecule has 4 rings (SSSR count). The van der Waals surface area contributed by atoms with Crippen molar-refractivity contribution < 1.29 is 18.3 Å². The summed E-state index contributed by atoms with van der Waals surface area (Å²) < 4.78 is 45.1. The van der Waals surface area contributed by atoms with E-state index in [2.05, 4.69) is 15.1 Å². The van der Waals surface area contributed by atoms with Crippen molar-refractivity contribution in [3.05, 3.63) is 71.3 Å². The zero-order valence-electron chi connectivity index (χ0n) is 15.2. The van der Waals surface area contributed by atoms with Gasteiger partial charge in [-0.25, -0.2) is 23.4 Å². The van der Waals surface area contributed by atoms with Crippen molar-refractivity contribution in [2.24, 2.45) is 0 Å². The molecule has 3 aromatic heterocycles. The molecule has 2 atom stereocenters. The van der Waals surface area contributed by atoms with Gasteiger partial charge in [0, 0.05) is 34.2 Å². The highest BCUT2D eigenvalue weighted by molar-refractivity contribution is 7.99. The van der Waals surface area contributed by atoms with Crippen LogP contribution < -0.4 is 0 Å². The highest BCUT2D eigenvalue weighted by atomic mass is 32.2. The second-order valence-electron chi connectivity index (χ2n) is 6.50. The first kappa shape index (κ1) is 19.9. The molecule has 0 saturated heterocycles. The molecule has 0 aliphatic carbocycles. The summed E-state index contributed by atoms with van der Waals surface area (Å²) in [4.78, 5) is 8.63. The third-order valence-electron chi connectivity index (χ3n) is 4.68. The number of thioether (sulfide) groups is 1. The number of benzene rings is 1. The molecule has 152 valence electrons. The van der Waals surface area contributed by atoms with Gasteiger partial charge in [0.25, 0.3) is 0 Å². The quantitative estimate of drug-likeness (QED) is 0.477. The lowest BCUT2D eigenvalue weighted by molar-refractivity contribution is 0.0133. The molecule has 3 heterocycles. The lowest BCUT2D eigenvalue weighted by atomic mass is 9.90. The van der Waals surface area contributed by atoms with Crippen LogP contribution in [0.15, 0.2) is 42.4 Å². The molecule has 0 spiro atoms. The van der Waals surface area contributed by atoms with Gasteiger partial charge in [-0.3, -0.25) is 4.40 Å². The van der Waals surface area contributed by atoms with Crippen LogP contribution >= 0.6 is 23.1 Å². The van der Waals surface area contributed by atoms with E-state index in [1.165, 1.54) is 50.9 Å². The highest BCUT2D eigenvalue weighted by Crippen LogP contribution is 2.37. The molecule has 29 heavy (non-hydrogen) atoms. The van der Waals surface area contributed by atoms with Crippen molar-refractivity contribution in [1.82, 2.24) is 24.1 Å². The van der Waals surface area contributed by atoms with E-state index < -0.39 is 28.4 Å². The molecular formula is C18H16F3N5OS2. The Labute approximate surface area is 172 Å². The van der Waals surface area contributed by atoms with Crippen LogP contribution in [0.25, 0.3) is 4.96 Å². The van der Waals surface area contributed by atoms with Gasteiger partial charge >= 0.3 is 0 Å². The zero-order valence-corrected chi connectivity index (χ0v) is 16.8. The van der Waals surface area contributed by atoms with Gasteiger partial charge in [-0.15, -0.1) is 23.1 Å². The molecule has 0 radical (unpaired) electrons. The van der Waals surface area contributed by atoms with Crippen molar-refractivity contribution in [3.8, 4) is 0 Å². The predicted octanol–water partition coefficient (Wildman–Crippen LogP) is 3.61. The average molecular weight is 439 g/mol. The van der Waals surface area contributed by atoms with Gasteiger partial charge in [0.1, 0.15) is 35.6 Å². The summed E-state index contributed by atoms with van der Waals surface area (Å²) in [5.74, 6) is -1.90. The van der Waals surface area contributed by atoms with Crippen molar-refractivity contribution in [3.63, 3.8) is 0 Å². The first-order valence-electron chi connectivity index (χ1n) is 8.60.